The summed E-state index contributed by atoms with van der Waals surface area (Å²) >= 11 is 3.40. The molecule has 1 aromatic rings. The summed E-state index contributed by atoms with van der Waals surface area (Å²) in [6, 6.07) is 7.74. The van der Waals surface area contributed by atoms with Gasteiger partial charge < -0.3 is 4.74 Å². The summed E-state index contributed by atoms with van der Waals surface area (Å²) in [5.74, 6) is 0.315. The predicted molar refractivity (Wildman–Crippen MR) is 60.3 cm³/mol. The Hall–Kier alpha value is -1.03. The molecule has 1 heterocycles. The molecule has 1 fully saturated rings. The van der Waals surface area contributed by atoms with Gasteiger partial charge in [0.05, 0.1) is 19.3 Å². The maximum Gasteiger partial charge on any atom is 0.0697 e. The molecule has 0 aromatic heterocycles. The van der Waals surface area contributed by atoms with Gasteiger partial charge in [-0.3, -0.25) is 0 Å². The van der Waals surface area contributed by atoms with Crippen LogP contribution in [0.25, 0.3) is 10.4 Å². The van der Waals surface area contributed by atoms with Gasteiger partial charge in [0.25, 0.3) is 0 Å². The Bertz CT molecular complexity index is 399. The Balaban J connectivity index is 2.27. The Morgan fingerprint density at radius 1 is 1.53 bits per heavy atom. The Morgan fingerprint density at radius 3 is 2.87 bits per heavy atom. The fourth-order valence-electron chi connectivity index (χ4n) is 1.62. The topological polar surface area (TPSA) is 58.0 Å². The average Bonchev–Trinajstić information content (AvgIpc) is 2.14. The van der Waals surface area contributed by atoms with Gasteiger partial charge in [-0.15, -0.1) is 0 Å². The first-order valence-corrected chi connectivity index (χ1v) is 5.48. The van der Waals surface area contributed by atoms with Crippen LogP contribution in [0.3, 0.4) is 0 Å². The van der Waals surface area contributed by atoms with Crippen LogP contribution in [-0.4, -0.2) is 13.2 Å². The van der Waals surface area contributed by atoms with Gasteiger partial charge in [-0.05, 0) is 23.2 Å². The molecule has 2 rings (SSSR count). The van der Waals surface area contributed by atoms with Crippen LogP contribution in [0, 0.1) is 5.92 Å². The molecule has 0 bridgehead atoms. The number of benzene rings is 1. The van der Waals surface area contributed by atoms with E-state index in [9.17, 15) is 0 Å². The van der Waals surface area contributed by atoms with E-state index >= 15 is 0 Å². The molecule has 0 amide bonds. The molecule has 1 aromatic carbocycles. The zero-order valence-corrected chi connectivity index (χ0v) is 9.59. The third-order valence-electron chi connectivity index (χ3n) is 2.48. The molecule has 0 aliphatic carbocycles. The number of halogens is 1. The van der Waals surface area contributed by atoms with E-state index < -0.39 is 0 Å². The van der Waals surface area contributed by atoms with Gasteiger partial charge >= 0.3 is 0 Å². The van der Waals surface area contributed by atoms with Crippen molar-refractivity contribution < 1.29 is 4.74 Å². The van der Waals surface area contributed by atoms with Crippen molar-refractivity contribution in [3.05, 3.63) is 44.7 Å². The van der Waals surface area contributed by atoms with Crippen molar-refractivity contribution in [3.63, 3.8) is 0 Å². The van der Waals surface area contributed by atoms with Gasteiger partial charge in [0.2, 0.25) is 0 Å². The molecular formula is C10H10BrN3O. The third-order valence-corrected chi connectivity index (χ3v) is 2.97. The molecule has 0 radical (unpaired) electrons. The minimum absolute atomic E-state index is 0.110. The number of hydrogen-bond acceptors (Lipinski definition) is 2. The monoisotopic (exact) mass is 267 g/mol. The molecule has 5 heteroatoms. The van der Waals surface area contributed by atoms with Crippen molar-refractivity contribution in [2.75, 3.05) is 13.2 Å². The Labute approximate surface area is 96.0 Å². The molecule has 0 saturated carbocycles. The Morgan fingerprint density at radius 2 is 2.33 bits per heavy atom. The minimum Gasteiger partial charge on any atom is -0.381 e. The van der Waals surface area contributed by atoms with Crippen molar-refractivity contribution in [3.8, 4) is 0 Å². The second kappa shape index (κ2) is 4.66. The first-order chi connectivity index (χ1) is 7.31. The van der Waals surface area contributed by atoms with Crippen molar-refractivity contribution in [2.45, 2.75) is 6.04 Å². The SMILES string of the molecule is [N-]=[N+]=NC(c1cccc(Br)c1)C1COC1. The number of ether oxygens (including phenoxy) is 1. The van der Waals surface area contributed by atoms with E-state index in [4.69, 9.17) is 10.3 Å². The van der Waals surface area contributed by atoms with Crippen LogP contribution >= 0.6 is 15.9 Å². The van der Waals surface area contributed by atoms with Crippen molar-refractivity contribution in [2.24, 2.45) is 11.0 Å². The highest BCUT2D eigenvalue weighted by atomic mass is 79.9. The summed E-state index contributed by atoms with van der Waals surface area (Å²) in [4.78, 5) is 2.90. The van der Waals surface area contributed by atoms with E-state index in [0.717, 1.165) is 10.0 Å². The molecule has 0 spiro atoms. The fraction of sp³-hybridized carbons (Fsp3) is 0.400. The number of rotatable bonds is 3. The summed E-state index contributed by atoms with van der Waals surface area (Å²) in [7, 11) is 0. The molecule has 1 unspecified atom stereocenters. The summed E-state index contributed by atoms with van der Waals surface area (Å²) < 4.78 is 6.12. The average molecular weight is 268 g/mol. The zero-order valence-electron chi connectivity index (χ0n) is 8.01. The zero-order chi connectivity index (χ0) is 10.7. The molecule has 1 saturated heterocycles. The highest BCUT2D eigenvalue weighted by molar-refractivity contribution is 9.10. The molecular weight excluding hydrogens is 258 g/mol. The van der Waals surface area contributed by atoms with E-state index in [1.807, 2.05) is 24.3 Å². The van der Waals surface area contributed by atoms with Crippen molar-refractivity contribution >= 4 is 15.9 Å². The quantitative estimate of drug-likeness (QED) is 0.470. The van der Waals surface area contributed by atoms with Crippen LogP contribution in [0.2, 0.25) is 0 Å². The summed E-state index contributed by atoms with van der Waals surface area (Å²) in [6.45, 7) is 1.35. The lowest BCUT2D eigenvalue weighted by atomic mass is 9.92. The predicted octanol–water partition coefficient (Wildman–Crippen LogP) is 3.45. The van der Waals surface area contributed by atoms with E-state index in [1.54, 1.807) is 0 Å². The van der Waals surface area contributed by atoms with Crippen molar-refractivity contribution in [1.29, 1.82) is 0 Å². The van der Waals surface area contributed by atoms with Crippen LogP contribution in [0.5, 0.6) is 0 Å². The molecule has 4 nitrogen and oxygen atoms in total. The minimum atomic E-state index is -0.110. The second-order valence-corrected chi connectivity index (χ2v) is 4.42. The highest BCUT2D eigenvalue weighted by Crippen LogP contribution is 2.32. The lowest BCUT2D eigenvalue weighted by molar-refractivity contribution is -0.0440. The molecule has 1 atom stereocenters. The summed E-state index contributed by atoms with van der Waals surface area (Å²) in [5, 5.41) is 3.84. The first kappa shape index (κ1) is 10.5. The Kier molecular flexibility index (Phi) is 3.26. The highest BCUT2D eigenvalue weighted by Gasteiger charge is 2.28. The maximum atomic E-state index is 8.54. The van der Waals surface area contributed by atoms with E-state index in [2.05, 4.69) is 26.0 Å². The third kappa shape index (κ3) is 2.31. The smallest absolute Gasteiger partial charge is 0.0697 e. The van der Waals surface area contributed by atoms with Gasteiger partial charge in [0, 0.05) is 15.3 Å². The van der Waals surface area contributed by atoms with Crippen LogP contribution in [0.15, 0.2) is 33.9 Å². The van der Waals surface area contributed by atoms with Crippen LogP contribution in [-0.2, 0) is 4.74 Å². The maximum absolute atomic E-state index is 8.54. The first-order valence-electron chi connectivity index (χ1n) is 4.68. The van der Waals surface area contributed by atoms with E-state index in [0.29, 0.717) is 19.1 Å². The molecule has 1 aliphatic heterocycles. The van der Waals surface area contributed by atoms with Crippen LogP contribution in [0.1, 0.15) is 11.6 Å². The van der Waals surface area contributed by atoms with Crippen LogP contribution in [0.4, 0.5) is 0 Å². The van der Waals surface area contributed by atoms with E-state index in [1.165, 1.54) is 0 Å². The molecule has 78 valence electrons. The molecule has 1 aliphatic rings. The van der Waals surface area contributed by atoms with Gasteiger partial charge in [-0.25, -0.2) is 0 Å². The van der Waals surface area contributed by atoms with Gasteiger partial charge in [-0.2, -0.15) is 0 Å². The van der Waals surface area contributed by atoms with Gasteiger partial charge in [-0.1, -0.05) is 33.2 Å². The normalized spacial score (nSPS) is 17.7. The standard InChI is InChI=1S/C10H10BrN3O/c11-9-3-1-2-7(4-9)10(13-14-12)8-5-15-6-8/h1-4,8,10H,5-6H2. The molecule has 15 heavy (non-hydrogen) atoms. The summed E-state index contributed by atoms with van der Waals surface area (Å²) in [6.07, 6.45) is 0. The number of nitrogens with zero attached hydrogens (tertiary/aromatic N) is 3. The lowest BCUT2D eigenvalue weighted by Gasteiger charge is -2.31. The van der Waals surface area contributed by atoms with Gasteiger partial charge in [0.1, 0.15) is 0 Å². The van der Waals surface area contributed by atoms with Crippen molar-refractivity contribution in [1.82, 2.24) is 0 Å². The largest absolute Gasteiger partial charge is 0.381 e. The summed E-state index contributed by atoms with van der Waals surface area (Å²) in [5.41, 5.74) is 9.58. The molecule has 0 N–H and O–H groups in total. The van der Waals surface area contributed by atoms with E-state index in [-0.39, 0.29) is 6.04 Å². The second-order valence-electron chi connectivity index (χ2n) is 3.50. The van der Waals surface area contributed by atoms with Crippen LogP contribution < -0.4 is 0 Å². The number of azide groups is 1. The lowest BCUT2D eigenvalue weighted by Crippen LogP contribution is -2.32. The number of hydrogen-bond donors (Lipinski definition) is 0. The van der Waals surface area contributed by atoms with Gasteiger partial charge in [0.15, 0.2) is 0 Å². The fourth-order valence-corrected chi connectivity index (χ4v) is 2.03.